The van der Waals surface area contributed by atoms with E-state index >= 15 is 0 Å². The van der Waals surface area contributed by atoms with Crippen LogP contribution in [0.15, 0.2) is 0 Å². The summed E-state index contributed by atoms with van der Waals surface area (Å²) in [4.78, 5) is 2.52. The molecule has 0 aromatic carbocycles. The second kappa shape index (κ2) is 5.69. The molecule has 0 spiro atoms. The molecule has 3 heteroatoms. The molecule has 0 atom stereocenters. The topological polar surface area (TPSA) is 24.5 Å². The van der Waals surface area contributed by atoms with Crippen molar-refractivity contribution in [3.05, 3.63) is 0 Å². The maximum absolute atomic E-state index is 5.15. The van der Waals surface area contributed by atoms with E-state index in [-0.39, 0.29) is 5.54 Å². The van der Waals surface area contributed by atoms with Gasteiger partial charge in [0.25, 0.3) is 0 Å². The number of ether oxygens (including phenoxy) is 1. The van der Waals surface area contributed by atoms with Gasteiger partial charge in [-0.3, -0.25) is 0 Å². The second-order valence-corrected chi connectivity index (χ2v) is 4.79. The fourth-order valence-corrected chi connectivity index (χ4v) is 1.97. The first-order chi connectivity index (χ1) is 6.64. The van der Waals surface area contributed by atoms with Gasteiger partial charge in [-0.25, -0.2) is 0 Å². The van der Waals surface area contributed by atoms with Crippen LogP contribution in [0.25, 0.3) is 0 Å². The SMILES string of the molecule is COCC(C)(C)NCCN1CCCC1. The first-order valence-electron chi connectivity index (χ1n) is 5.60. The molecule has 0 aromatic heterocycles. The van der Waals surface area contributed by atoms with Crippen LogP contribution < -0.4 is 5.32 Å². The third kappa shape index (κ3) is 4.40. The zero-order chi connectivity index (χ0) is 10.4. The minimum Gasteiger partial charge on any atom is -0.383 e. The first kappa shape index (κ1) is 12.0. The van der Waals surface area contributed by atoms with Crippen molar-refractivity contribution in [3.63, 3.8) is 0 Å². The van der Waals surface area contributed by atoms with Crippen LogP contribution in [0, 0.1) is 0 Å². The molecule has 1 saturated heterocycles. The lowest BCUT2D eigenvalue weighted by Gasteiger charge is -2.26. The Balaban J connectivity index is 2.07. The zero-order valence-electron chi connectivity index (χ0n) is 9.81. The number of likely N-dealkylation sites (tertiary alicyclic amines) is 1. The summed E-state index contributed by atoms with van der Waals surface area (Å²) in [6.07, 6.45) is 2.75. The minimum absolute atomic E-state index is 0.106. The number of rotatable bonds is 6. The van der Waals surface area contributed by atoms with Crippen molar-refractivity contribution >= 4 is 0 Å². The molecule has 1 N–H and O–H groups in total. The van der Waals surface area contributed by atoms with Gasteiger partial charge < -0.3 is 15.0 Å². The summed E-state index contributed by atoms with van der Waals surface area (Å²) in [5, 5.41) is 3.52. The Hall–Kier alpha value is -0.120. The molecule has 0 amide bonds. The van der Waals surface area contributed by atoms with Crippen LogP contribution in [0.2, 0.25) is 0 Å². The number of hydrogen-bond acceptors (Lipinski definition) is 3. The van der Waals surface area contributed by atoms with Gasteiger partial charge in [0.05, 0.1) is 6.61 Å². The van der Waals surface area contributed by atoms with Gasteiger partial charge in [-0.05, 0) is 39.8 Å². The van der Waals surface area contributed by atoms with E-state index in [1.54, 1.807) is 7.11 Å². The predicted octanol–water partition coefficient (Wildman–Crippen LogP) is 1.10. The third-order valence-corrected chi connectivity index (χ3v) is 2.74. The molecule has 0 radical (unpaired) electrons. The van der Waals surface area contributed by atoms with Gasteiger partial charge in [-0.2, -0.15) is 0 Å². The van der Waals surface area contributed by atoms with E-state index < -0.39 is 0 Å². The van der Waals surface area contributed by atoms with Crippen LogP contribution in [0.1, 0.15) is 26.7 Å². The molecule has 0 aliphatic carbocycles. The van der Waals surface area contributed by atoms with E-state index in [0.717, 1.165) is 13.2 Å². The second-order valence-electron chi connectivity index (χ2n) is 4.79. The van der Waals surface area contributed by atoms with Crippen molar-refractivity contribution in [2.75, 3.05) is 39.9 Å². The highest BCUT2D eigenvalue weighted by atomic mass is 16.5. The van der Waals surface area contributed by atoms with Gasteiger partial charge in [0.1, 0.15) is 0 Å². The molecule has 0 unspecified atom stereocenters. The van der Waals surface area contributed by atoms with E-state index in [1.807, 2.05) is 0 Å². The number of methoxy groups -OCH3 is 1. The van der Waals surface area contributed by atoms with E-state index in [1.165, 1.54) is 32.5 Å². The molecule has 1 fully saturated rings. The molecule has 1 aliphatic heterocycles. The lowest BCUT2D eigenvalue weighted by Crippen LogP contribution is -2.46. The Bertz CT molecular complexity index is 153. The first-order valence-corrected chi connectivity index (χ1v) is 5.60. The zero-order valence-corrected chi connectivity index (χ0v) is 9.81. The predicted molar refractivity (Wildman–Crippen MR) is 59.6 cm³/mol. The fraction of sp³-hybridized carbons (Fsp3) is 1.00. The Labute approximate surface area is 87.8 Å². The molecular weight excluding hydrogens is 176 g/mol. The number of nitrogens with zero attached hydrogens (tertiary/aromatic N) is 1. The van der Waals surface area contributed by atoms with E-state index in [4.69, 9.17) is 4.74 Å². The van der Waals surface area contributed by atoms with Crippen molar-refractivity contribution < 1.29 is 4.74 Å². The summed E-state index contributed by atoms with van der Waals surface area (Å²) in [6, 6.07) is 0. The fourth-order valence-electron chi connectivity index (χ4n) is 1.97. The normalized spacial score (nSPS) is 19.1. The van der Waals surface area contributed by atoms with Crippen molar-refractivity contribution in [1.82, 2.24) is 10.2 Å². The van der Waals surface area contributed by atoms with Gasteiger partial charge in [-0.1, -0.05) is 0 Å². The Morgan fingerprint density at radius 1 is 1.29 bits per heavy atom. The highest BCUT2D eigenvalue weighted by Gasteiger charge is 2.17. The summed E-state index contributed by atoms with van der Waals surface area (Å²) in [5.41, 5.74) is 0.106. The minimum atomic E-state index is 0.106. The molecule has 1 aliphatic rings. The van der Waals surface area contributed by atoms with E-state index in [2.05, 4.69) is 24.1 Å². The maximum Gasteiger partial charge on any atom is 0.0639 e. The highest BCUT2D eigenvalue weighted by Crippen LogP contribution is 2.06. The van der Waals surface area contributed by atoms with Gasteiger partial charge in [0.15, 0.2) is 0 Å². The molecule has 1 heterocycles. The van der Waals surface area contributed by atoms with Gasteiger partial charge >= 0.3 is 0 Å². The smallest absolute Gasteiger partial charge is 0.0639 e. The molecular formula is C11H24N2O. The largest absolute Gasteiger partial charge is 0.383 e. The molecule has 84 valence electrons. The summed E-state index contributed by atoms with van der Waals surface area (Å²) in [6.45, 7) is 9.94. The van der Waals surface area contributed by atoms with Crippen LogP contribution in [0.4, 0.5) is 0 Å². The van der Waals surface area contributed by atoms with Crippen LogP contribution in [-0.2, 0) is 4.74 Å². The van der Waals surface area contributed by atoms with E-state index in [0.29, 0.717) is 0 Å². The monoisotopic (exact) mass is 200 g/mol. The molecule has 14 heavy (non-hydrogen) atoms. The van der Waals surface area contributed by atoms with Crippen molar-refractivity contribution in [2.45, 2.75) is 32.2 Å². The van der Waals surface area contributed by atoms with E-state index in [9.17, 15) is 0 Å². The highest BCUT2D eigenvalue weighted by molar-refractivity contribution is 4.77. The molecule has 0 aromatic rings. The quantitative estimate of drug-likeness (QED) is 0.695. The molecule has 1 rings (SSSR count). The van der Waals surface area contributed by atoms with Crippen LogP contribution in [0.5, 0.6) is 0 Å². The van der Waals surface area contributed by atoms with Crippen LogP contribution >= 0.6 is 0 Å². The Morgan fingerprint density at radius 2 is 1.93 bits per heavy atom. The number of hydrogen-bond donors (Lipinski definition) is 1. The Kier molecular flexibility index (Phi) is 4.85. The lowest BCUT2D eigenvalue weighted by atomic mass is 10.1. The summed E-state index contributed by atoms with van der Waals surface area (Å²) >= 11 is 0. The average Bonchev–Trinajstić information content (AvgIpc) is 2.56. The van der Waals surface area contributed by atoms with Gasteiger partial charge in [-0.15, -0.1) is 0 Å². The van der Waals surface area contributed by atoms with Gasteiger partial charge in [0.2, 0.25) is 0 Å². The van der Waals surface area contributed by atoms with Crippen molar-refractivity contribution in [3.8, 4) is 0 Å². The standard InChI is InChI=1S/C11H24N2O/c1-11(2,10-14-3)12-6-9-13-7-4-5-8-13/h12H,4-10H2,1-3H3. The molecule has 3 nitrogen and oxygen atoms in total. The third-order valence-electron chi connectivity index (χ3n) is 2.74. The average molecular weight is 200 g/mol. The van der Waals surface area contributed by atoms with Crippen molar-refractivity contribution in [1.29, 1.82) is 0 Å². The van der Waals surface area contributed by atoms with Crippen LogP contribution in [-0.4, -0.2) is 50.3 Å². The summed E-state index contributed by atoms with van der Waals surface area (Å²) in [5.74, 6) is 0. The van der Waals surface area contributed by atoms with Crippen molar-refractivity contribution in [2.24, 2.45) is 0 Å². The lowest BCUT2D eigenvalue weighted by molar-refractivity contribution is 0.126. The molecule has 0 bridgehead atoms. The summed E-state index contributed by atoms with van der Waals surface area (Å²) < 4.78 is 5.15. The summed E-state index contributed by atoms with van der Waals surface area (Å²) in [7, 11) is 1.75. The maximum atomic E-state index is 5.15. The van der Waals surface area contributed by atoms with Crippen LogP contribution in [0.3, 0.4) is 0 Å². The van der Waals surface area contributed by atoms with Gasteiger partial charge in [0, 0.05) is 25.7 Å². The Morgan fingerprint density at radius 3 is 2.50 bits per heavy atom. The molecule has 0 saturated carbocycles. The number of nitrogens with one attached hydrogen (secondary N) is 1.